The third kappa shape index (κ3) is 5.29. The fraction of sp³-hybridized carbons (Fsp3) is 0.269. The van der Waals surface area contributed by atoms with E-state index in [9.17, 15) is 17.6 Å². The summed E-state index contributed by atoms with van der Waals surface area (Å²) in [5.74, 6) is -0.164. The summed E-state index contributed by atoms with van der Waals surface area (Å²) in [7, 11) is -2.12. The first-order chi connectivity index (χ1) is 16.4. The van der Waals surface area contributed by atoms with E-state index in [2.05, 4.69) is 5.32 Å². The number of nitrogens with one attached hydrogen (secondary N) is 1. The highest BCUT2D eigenvalue weighted by molar-refractivity contribution is 7.89. The molecule has 3 aromatic rings. The summed E-state index contributed by atoms with van der Waals surface area (Å²) in [6, 6.07) is 21.7. The van der Waals surface area contributed by atoms with Gasteiger partial charge in [0.25, 0.3) is 0 Å². The second-order valence-electron chi connectivity index (χ2n) is 8.26. The Hall–Kier alpha value is -3.23. The van der Waals surface area contributed by atoms with Crippen molar-refractivity contribution in [2.24, 2.45) is 5.92 Å². The van der Waals surface area contributed by atoms with E-state index in [1.807, 2.05) is 54.6 Å². The van der Waals surface area contributed by atoms with Crippen LogP contribution in [0.15, 0.2) is 83.8 Å². The zero-order valence-corrected chi connectivity index (χ0v) is 19.7. The highest BCUT2D eigenvalue weighted by Crippen LogP contribution is 2.28. The molecule has 8 heteroatoms. The van der Waals surface area contributed by atoms with E-state index in [-0.39, 0.29) is 35.9 Å². The maximum Gasteiger partial charge on any atom is 0.243 e. The normalized spacial score (nSPS) is 16.1. The molecule has 0 saturated carbocycles. The van der Waals surface area contributed by atoms with Gasteiger partial charge in [-0.2, -0.15) is 4.31 Å². The molecule has 1 aliphatic rings. The van der Waals surface area contributed by atoms with Gasteiger partial charge in [-0.25, -0.2) is 12.8 Å². The number of methoxy groups -OCH3 is 1. The minimum absolute atomic E-state index is 0.0560. The van der Waals surface area contributed by atoms with E-state index in [1.54, 1.807) is 7.11 Å². The predicted molar refractivity (Wildman–Crippen MR) is 127 cm³/mol. The van der Waals surface area contributed by atoms with Crippen LogP contribution >= 0.6 is 0 Å². The summed E-state index contributed by atoms with van der Waals surface area (Å²) in [5, 5.41) is 3.16. The predicted octanol–water partition coefficient (Wildman–Crippen LogP) is 4.14. The average molecular weight is 483 g/mol. The van der Waals surface area contributed by atoms with Crippen molar-refractivity contribution in [2.75, 3.05) is 20.2 Å². The molecule has 0 aromatic heterocycles. The first-order valence-electron chi connectivity index (χ1n) is 11.1. The minimum atomic E-state index is -3.72. The molecular formula is C26H27FN2O4S. The van der Waals surface area contributed by atoms with E-state index in [0.29, 0.717) is 12.8 Å². The smallest absolute Gasteiger partial charge is 0.243 e. The van der Waals surface area contributed by atoms with Crippen LogP contribution < -0.4 is 10.1 Å². The fourth-order valence-corrected chi connectivity index (χ4v) is 5.64. The Bertz CT molecular complexity index is 1210. The number of hydrogen-bond donors (Lipinski definition) is 1. The standard InChI is InChI=1S/C26H27FN2O4S/c1-33-23-11-7-20(8-12-23)25(19-5-3-2-4-6-19)28-26(30)21-15-17-29(18-16-21)34(31,32)24-13-9-22(27)10-14-24/h2-14,21,25H,15-18H2,1H3,(H,28,30). The molecular weight excluding hydrogens is 455 g/mol. The summed E-state index contributed by atoms with van der Waals surface area (Å²) >= 11 is 0. The lowest BCUT2D eigenvalue weighted by Crippen LogP contribution is -2.43. The number of hydrogen-bond acceptors (Lipinski definition) is 4. The number of piperidine rings is 1. The topological polar surface area (TPSA) is 75.7 Å². The molecule has 1 fully saturated rings. The fourth-order valence-electron chi connectivity index (χ4n) is 4.18. The molecule has 4 rings (SSSR count). The Morgan fingerprint density at radius 1 is 0.941 bits per heavy atom. The van der Waals surface area contributed by atoms with E-state index < -0.39 is 15.8 Å². The summed E-state index contributed by atoms with van der Waals surface area (Å²) in [4.78, 5) is 13.3. The van der Waals surface area contributed by atoms with Crippen LogP contribution in [0, 0.1) is 11.7 Å². The first kappa shape index (κ1) is 23.9. The Balaban J connectivity index is 1.45. The van der Waals surface area contributed by atoms with Crippen molar-refractivity contribution in [3.8, 4) is 5.75 Å². The average Bonchev–Trinajstić information content (AvgIpc) is 2.88. The van der Waals surface area contributed by atoms with Gasteiger partial charge in [0.05, 0.1) is 18.0 Å². The van der Waals surface area contributed by atoms with Crippen LogP contribution in [-0.4, -0.2) is 38.8 Å². The van der Waals surface area contributed by atoms with Crippen molar-refractivity contribution < 1.29 is 22.3 Å². The number of nitrogens with zero attached hydrogens (tertiary/aromatic N) is 1. The van der Waals surface area contributed by atoms with Crippen molar-refractivity contribution >= 4 is 15.9 Å². The van der Waals surface area contributed by atoms with Crippen LogP contribution in [-0.2, 0) is 14.8 Å². The van der Waals surface area contributed by atoms with E-state index >= 15 is 0 Å². The number of halogens is 1. The van der Waals surface area contributed by atoms with Gasteiger partial charge in [-0.05, 0) is 60.4 Å². The molecule has 1 heterocycles. The number of ether oxygens (including phenoxy) is 1. The third-order valence-electron chi connectivity index (χ3n) is 6.14. The summed E-state index contributed by atoms with van der Waals surface area (Å²) < 4.78 is 45.5. The molecule has 3 aromatic carbocycles. The molecule has 0 spiro atoms. The van der Waals surface area contributed by atoms with Gasteiger partial charge >= 0.3 is 0 Å². The first-order valence-corrected chi connectivity index (χ1v) is 12.6. The lowest BCUT2D eigenvalue weighted by atomic mass is 9.94. The van der Waals surface area contributed by atoms with Crippen LogP contribution in [0.25, 0.3) is 0 Å². The molecule has 1 aliphatic heterocycles. The van der Waals surface area contributed by atoms with Crippen molar-refractivity contribution in [3.05, 3.63) is 95.8 Å². The Kier molecular flexibility index (Phi) is 7.29. The number of benzene rings is 3. The lowest BCUT2D eigenvalue weighted by Gasteiger charge is -2.31. The monoisotopic (exact) mass is 482 g/mol. The largest absolute Gasteiger partial charge is 0.497 e. The SMILES string of the molecule is COc1ccc(C(NC(=O)C2CCN(S(=O)(=O)c3ccc(F)cc3)CC2)c2ccccc2)cc1. The molecule has 1 N–H and O–H groups in total. The lowest BCUT2D eigenvalue weighted by molar-refractivity contribution is -0.126. The Morgan fingerprint density at radius 2 is 1.53 bits per heavy atom. The molecule has 34 heavy (non-hydrogen) atoms. The van der Waals surface area contributed by atoms with Crippen LogP contribution in [0.2, 0.25) is 0 Å². The molecule has 0 radical (unpaired) electrons. The molecule has 6 nitrogen and oxygen atoms in total. The van der Waals surface area contributed by atoms with Gasteiger partial charge in [0.15, 0.2) is 0 Å². The zero-order valence-electron chi connectivity index (χ0n) is 18.9. The number of carbonyl (C=O) groups excluding carboxylic acids is 1. The van der Waals surface area contributed by atoms with Gasteiger partial charge in [-0.1, -0.05) is 42.5 Å². The van der Waals surface area contributed by atoms with Gasteiger partial charge in [-0.3, -0.25) is 4.79 Å². The van der Waals surface area contributed by atoms with Crippen LogP contribution in [0.1, 0.15) is 30.0 Å². The maximum atomic E-state index is 13.2. The van der Waals surface area contributed by atoms with Crippen LogP contribution in [0.5, 0.6) is 5.75 Å². The number of carbonyl (C=O) groups is 1. The van der Waals surface area contributed by atoms with Gasteiger partial charge in [0.1, 0.15) is 11.6 Å². The van der Waals surface area contributed by atoms with Crippen molar-refractivity contribution in [3.63, 3.8) is 0 Å². The molecule has 178 valence electrons. The van der Waals surface area contributed by atoms with E-state index in [0.717, 1.165) is 29.0 Å². The number of rotatable bonds is 7. The van der Waals surface area contributed by atoms with Gasteiger partial charge in [0.2, 0.25) is 15.9 Å². The molecule has 0 bridgehead atoms. The maximum absolute atomic E-state index is 13.2. The quantitative estimate of drug-likeness (QED) is 0.549. The molecule has 1 atom stereocenters. The van der Waals surface area contributed by atoms with Crippen LogP contribution in [0.4, 0.5) is 4.39 Å². The molecule has 0 aliphatic carbocycles. The highest BCUT2D eigenvalue weighted by Gasteiger charge is 2.33. The van der Waals surface area contributed by atoms with E-state index in [4.69, 9.17) is 4.74 Å². The number of amides is 1. The third-order valence-corrected chi connectivity index (χ3v) is 8.06. The Labute approximate surface area is 199 Å². The van der Waals surface area contributed by atoms with Gasteiger partial charge in [0, 0.05) is 19.0 Å². The zero-order chi connectivity index (χ0) is 24.1. The second kappa shape index (κ2) is 10.4. The summed E-state index contributed by atoms with van der Waals surface area (Å²) in [6.07, 6.45) is 0.826. The molecule has 1 unspecified atom stereocenters. The van der Waals surface area contributed by atoms with E-state index in [1.165, 1.54) is 16.4 Å². The molecule has 1 amide bonds. The summed E-state index contributed by atoms with van der Waals surface area (Å²) in [6.45, 7) is 0.465. The minimum Gasteiger partial charge on any atom is -0.497 e. The van der Waals surface area contributed by atoms with Crippen molar-refractivity contribution in [2.45, 2.75) is 23.8 Å². The number of sulfonamides is 1. The van der Waals surface area contributed by atoms with Gasteiger partial charge in [-0.15, -0.1) is 0 Å². The molecule has 1 saturated heterocycles. The summed E-state index contributed by atoms with van der Waals surface area (Å²) in [5.41, 5.74) is 1.88. The van der Waals surface area contributed by atoms with Crippen molar-refractivity contribution in [1.29, 1.82) is 0 Å². The highest BCUT2D eigenvalue weighted by atomic mass is 32.2. The Morgan fingerprint density at radius 3 is 2.12 bits per heavy atom. The second-order valence-corrected chi connectivity index (χ2v) is 10.2. The van der Waals surface area contributed by atoms with Gasteiger partial charge < -0.3 is 10.1 Å². The van der Waals surface area contributed by atoms with Crippen molar-refractivity contribution in [1.82, 2.24) is 9.62 Å². The van der Waals surface area contributed by atoms with Crippen LogP contribution in [0.3, 0.4) is 0 Å².